The van der Waals surface area contributed by atoms with Gasteiger partial charge in [-0.25, -0.2) is 4.39 Å². The molecule has 0 saturated heterocycles. The number of halogens is 1. The summed E-state index contributed by atoms with van der Waals surface area (Å²) in [5, 5.41) is 14.7. The van der Waals surface area contributed by atoms with Gasteiger partial charge in [0.25, 0.3) is 6.71 Å². The molecule has 11 aromatic rings. The van der Waals surface area contributed by atoms with Crippen molar-refractivity contribution in [2.24, 2.45) is 0 Å². The monoisotopic (exact) mass is 634 g/mol. The highest BCUT2D eigenvalue weighted by atomic mass is 19.1. The molecule has 2 aliphatic rings. The fourth-order valence-corrected chi connectivity index (χ4v) is 10.0. The normalized spacial score (nSPS) is 13.3. The van der Waals surface area contributed by atoms with E-state index in [1.165, 1.54) is 86.6 Å². The lowest BCUT2D eigenvalue weighted by atomic mass is 9.34. The summed E-state index contributed by atoms with van der Waals surface area (Å²) in [6.07, 6.45) is 0. The number of hydrogen-bond acceptors (Lipinski definition) is 0. The van der Waals surface area contributed by atoms with E-state index in [2.05, 4.69) is 143 Å². The Morgan fingerprint density at radius 1 is 0.400 bits per heavy atom. The third-order valence-corrected chi connectivity index (χ3v) is 11.8. The van der Waals surface area contributed by atoms with Crippen molar-refractivity contribution >= 4 is 110 Å². The number of rotatable bonds is 0. The van der Waals surface area contributed by atoms with Crippen molar-refractivity contribution in [3.05, 3.63) is 151 Å². The molecule has 0 bridgehead atoms. The van der Waals surface area contributed by atoms with Crippen LogP contribution in [-0.4, -0.2) is 15.8 Å². The van der Waals surface area contributed by atoms with Crippen LogP contribution in [0.4, 0.5) is 4.39 Å². The molecule has 2 aliphatic heterocycles. The molecule has 13 rings (SSSR count). The minimum atomic E-state index is -0.224. The fraction of sp³-hybridized carbons (Fsp3) is 0. The Hall–Kier alpha value is -6.39. The van der Waals surface area contributed by atoms with Crippen LogP contribution in [0.2, 0.25) is 0 Å². The van der Waals surface area contributed by atoms with Crippen molar-refractivity contribution in [1.29, 1.82) is 0 Å². The van der Waals surface area contributed by atoms with Crippen LogP contribution >= 0.6 is 0 Å². The van der Waals surface area contributed by atoms with Crippen LogP contribution in [0.1, 0.15) is 0 Å². The Morgan fingerprint density at radius 3 is 1.26 bits per heavy atom. The molecule has 50 heavy (non-hydrogen) atoms. The van der Waals surface area contributed by atoms with Gasteiger partial charge in [-0.2, -0.15) is 0 Å². The van der Waals surface area contributed by atoms with Gasteiger partial charge in [0.05, 0.1) is 22.1 Å². The molecule has 0 radical (unpaired) electrons. The van der Waals surface area contributed by atoms with Gasteiger partial charge in [-0.3, -0.25) is 0 Å². The average molecular weight is 635 g/mol. The highest BCUT2D eigenvalue weighted by Crippen LogP contribution is 2.45. The van der Waals surface area contributed by atoms with E-state index in [9.17, 15) is 0 Å². The Morgan fingerprint density at radius 2 is 0.800 bits per heavy atom. The lowest BCUT2D eigenvalue weighted by Gasteiger charge is -2.34. The zero-order valence-corrected chi connectivity index (χ0v) is 26.7. The van der Waals surface area contributed by atoms with Gasteiger partial charge >= 0.3 is 0 Å². The summed E-state index contributed by atoms with van der Waals surface area (Å²) < 4.78 is 21.2. The summed E-state index contributed by atoms with van der Waals surface area (Å²) in [6.45, 7) is -0.0778. The molecular formula is C46H24BFN2. The number of aromatic nitrogens is 2. The Labute approximate surface area is 285 Å². The molecule has 0 saturated carbocycles. The van der Waals surface area contributed by atoms with Gasteiger partial charge in [0, 0.05) is 32.9 Å². The molecule has 2 nitrogen and oxygen atoms in total. The SMILES string of the molecule is Fc1cc2c3c(c1)-n1c4ccc5ccccc5c4c4c5ccccc5cc(c41)B3c1cc3ccccc3c3c4c5ccccc5ccc4n-2c13. The summed E-state index contributed by atoms with van der Waals surface area (Å²) in [5.41, 5.74) is 10.2. The lowest BCUT2D eigenvalue weighted by molar-refractivity contribution is 0.626. The maximum Gasteiger partial charge on any atom is 0.252 e. The fourth-order valence-electron chi connectivity index (χ4n) is 10.0. The minimum absolute atomic E-state index is 0.0778. The third kappa shape index (κ3) is 2.83. The predicted molar refractivity (Wildman–Crippen MR) is 210 cm³/mol. The Bertz CT molecular complexity index is 3180. The van der Waals surface area contributed by atoms with Crippen LogP contribution in [0, 0.1) is 5.82 Å². The Kier molecular flexibility index (Phi) is 4.41. The van der Waals surface area contributed by atoms with Gasteiger partial charge < -0.3 is 9.13 Å². The molecule has 4 heterocycles. The summed E-state index contributed by atoms with van der Waals surface area (Å²) in [7, 11) is 0. The molecule has 0 N–H and O–H groups in total. The molecule has 0 atom stereocenters. The second kappa shape index (κ2) is 8.60. The molecule has 228 valence electrons. The maximum absolute atomic E-state index is 16.4. The lowest BCUT2D eigenvalue weighted by Crippen LogP contribution is -2.59. The second-order valence-corrected chi connectivity index (χ2v) is 14.1. The molecule has 0 unspecified atom stereocenters. The zero-order valence-electron chi connectivity index (χ0n) is 26.7. The quantitative estimate of drug-likeness (QED) is 0.147. The van der Waals surface area contributed by atoms with Gasteiger partial charge in [-0.05, 0) is 83.7 Å². The first-order valence-electron chi connectivity index (χ1n) is 17.3. The van der Waals surface area contributed by atoms with Crippen LogP contribution in [0.15, 0.2) is 146 Å². The van der Waals surface area contributed by atoms with Gasteiger partial charge in [0.2, 0.25) is 0 Å². The highest BCUT2D eigenvalue weighted by Gasteiger charge is 2.42. The van der Waals surface area contributed by atoms with Crippen molar-refractivity contribution in [2.45, 2.75) is 0 Å². The summed E-state index contributed by atoms with van der Waals surface area (Å²) in [5.74, 6) is -0.224. The van der Waals surface area contributed by atoms with Crippen LogP contribution < -0.4 is 16.4 Å². The molecule has 2 aromatic heterocycles. The molecular weight excluding hydrogens is 610 g/mol. The van der Waals surface area contributed by atoms with Gasteiger partial charge in [-0.15, -0.1) is 0 Å². The van der Waals surface area contributed by atoms with Crippen LogP contribution in [0.5, 0.6) is 0 Å². The topological polar surface area (TPSA) is 9.86 Å². The summed E-state index contributed by atoms with van der Waals surface area (Å²) >= 11 is 0. The second-order valence-electron chi connectivity index (χ2n) is 14.1. The van der Waals surface area contributed by atoms with Gasteiger partial charge in [0.1, 0.15) is 5.82 Å². The van der Waals surface area contributed by atoms with Crippen molar-refractivity contribution in [3.63, 3.8) is 0 Å². The molecule has 4 heteroatoms. The van der Waals surface area contributed by atoms with E-state index >= 15 is 4.39 Å². The van der Waals surface area contributed by atoms with Crippen LogP contribution in [0.3, 0.4) is 0 Å². The van der Waals surface area contributed by atoms with Gasteiger partial charge in [0.15, 0.2) is 0 Å². The van der Waals surface area contributed by atoms with Crippen molar-refractivity contribution in [3.8, 4) is 11.4 Å². The van der Waals surface area contributed by atoms with E-state index < -0.39 is 0 Å². The maximum atomic E-state index is 16.4. The van der Waals surface area contributed by atoms with E-state index in [0.29, 0.717) is 0 Å². The summed E-state index contributed by atoms with van der Waals surface area (Å²) in [4.78, 5) is 0. The van der Waals surface area contributed by atoms with E-state index in [0.717, 1.165) is 27.9 Å². The standard InChI is InChI=1S/C46H24BFN2/c48-29-23-38-44-39(24-29)50-37-20-18-26-10-2-6-14-31(26)41(37)43-33-16-8-4-12-28(33)22-35(46(43)50)47(44)34-21-27-11-3-7-15-32(27)42-40-30-13-5-1-9-25(30)17-19-36(40)49(38)45(34)42/h1-24H. The Balaban J connectivity index is 1.33. The van der Waals surface area contributed by atoms with Crippen molar-refractivity contribution < 1.29 is 4.39 Å². The molecule has 0 aliphatic carbocycles. The van der Waals surface area contributed by atoms with E-state index in [1.807, 2.05) is 0 Å². The smallest absolute Gasteiger partial charge is 0.252 e. The predicted octanol–water partition coefficient (Wildman–Crippen LogP) is 9.78. The highest BCUT2D eigenvalue weighted by molar-refractivity contribution is 7.00. The van der Waals surface area contributed by atoms with E-state index in [4.69, 9.17) is 0 Å². The zero-order chi connectivity index (χ0) is 32.4. The number of nitrogens with zero attached hydrogens (tertiary/aromatic N) is 2. The van der Waals surface area contributed by atoms with Crippen LogP contribution in [-0.2, 0) is 0 Å². The third-order valence-electron chi connectivity index (χ3n) is 11.8. The molecule has 0 amide bonds. The van der Waals surface area contributed by atoms with Crippen molar-refractivity contribution in [2.75, 3.05) is 0 Å². The first kappa shape index (κ1) is 25.6. The van der Waals surface area contributed by atoms with E-state index in [-0.39, 0.29) is 12.5 Å². The van der Waals surface area contributed by atoms with Crippen molar-refractivity contribution in [1.82, 2.24) is 9.13 Å². The number of hydrogen-bond donors (Lipinski definition) is 0. The first-order chi connectivity index (χ1) is 24.7. The number of fused-ring (bicyclic) bond motifs is 18. The van der Waals surface area contributed by atoms with Crippen LogP contribution in [0.25, 0.3) is 98.1 Å². The molecule has 0 spiro atoms. The first-order valence-corrected chi connectivity index (χ1v) is 17.3. The van der Waals surface area contributed by atoms with E-state index in [1.54, 1.807) is 12.1 Å². The molecule has 9 aromatic carbocycles. The number of benzene rings is 9. The van der Waals surface area contributed by atoms with Gasteiger partial charge in [-0.1, -0.05) is 121 Å². The minimum Gasteiger partial charge on any atom is -0.310 e. The molecule has 0 fully saturated rings. The average Bonchev–Trinajstić information content (AvgIpc) is 3.71. The largest absolute Gasteiger partial charge is 0.310 e. The summed E-state index contributed by atoms with van der Waals surface area (Å²) in [6, 6.07) is 52.3.